The molecule has 3 aromatic carbocycles. The summed E-state index contributed by atoms with van der Waals surface area (Å²) in [4.78, 5) is 30.8. The Morgan fingerprint density at radius 2 is 1.09 bits per heavy atom. The first kappa shape index (κ1) is 20.4. The number of carbonyl (C=O) groups excluding carboxylic acids is 2. The van der Waals surface area contributed by atoms with Gasteiger partial charge < -0.3 is 4.90 Å². The number of rotatable bonds is 4. The fraction of sp³-hybridized carbons (Fsp3) is 0.214. The number of Topliss-reactive ketones (excluding diaryl/α,β-unsaturated/α-hetero) is 2. The highest BCUT2D eigenvalue weighted by atomic mass is 16.1. The van der Waals surface area contributed by atoms with Gasteiger partial charge >= 0.3 is 0 Å². The zero-order valence-corrected chi connectivity index (χ0v) is 18.2. The number of hydrogen-bond donors (Lipinski definition) is 0. The fourth-order valence-corrected chi connectivity index (χ4v) is 4.96. The Hall–Kier alpha value is -3.50. The van der Waals surface area contributed by atoms with Crippen LogP contribution < -0.4 is 0 Å². The lowest BCUT2D eigenvalue weighted by Crippen LogP contribution is -2.49. The Morgan fingerprint density at radius 1 is 0.625 bits per heavy atom. The van der Waals surface area contributed by atoms with Gasteiger partial charge in [-0.2, -0.15) is 0 Å². The lowest BCUT2D eigenvalue weighted by Gasteiger charge is -2.42. The Labute approximate surface area is 188 Å². The second-order valence-corrected chi connectivity index (χ2v) is 8.42. The Kier molecular flexibility index (Phi) is 5.46. The smallest absolute Gasteiger partial charge is 0.210 e. The van der Waals surface area contributed by atoms with Crippen LogP contribution in [0, 0.1) is 0 Å². The maximum Gasteiger partial charge on any atom is 0.210 e. The molecule has 32 heavy (non-hydrogen) atoms. The number of carbonyl (C=O) groups is 2. The zero-order valence-electron chi connectivity index (χ0n) is 18.2. The summed E-state index contributed by atoms with van der Waals surface area (Å²) in [5.41, 5.74) is 4.70. The van der Waals surface area contributed by atoms with Crippen LogP contribution in [0.4, 0.5) is 0 Å². The summed E-state index contributed by atoms with van der Waals surface area (Å²) in [5.74, 6) is -0.0714. The van der Waals surface area contributed by atoms with Crippen molar-refractivity contribution in [1.29, 1.82) is 0 Å². The van der Waals surface area contributed by atoms with Gasteiger partial charge in [0.05, 0.1) is 11.7 Å². The largest absolute Gasteiger partial charge is 0.365 e. The Morgan fingerprint density at radius 3 is 1.62 bits per heavy atom. The molecule has 0 bridgehead atoms. The summed E-state index contributed by atoms with van der Waals surface area (Å²) in [7, 11) is 0. The minimum absolute atomic E-state index is 0.0335. The minimum atomic E-state index is -0.0379. The molecule has 0 radical (unpaired) electrons. The summed E-state index contributed by atoms with van der Waals surface area (Å²) in [6.07, 6.45) is 0. The van der Waals surface area contributed by atoms with Gasteiger partial charge in [-0.3, -0.25) is 14.5 Å². The van der Waals surface area contributed by atoms with Gasteiger partial charge in [0.1, 0.15) is 0 Å². The summed E-state index contributed by atoms with van der Waals surface area (Å²) in [5, 5.41) is 0. The molecule has 2 aliphatic rings. The lowest BCUT2D eigenvalue weighted by molar-refractivity contribution is 0.0882. The highest BCUT2D eigenvalue weighted by Gasteiger charge is 2.35. The molecule has 160 valence electrons. The Bertz CT molecular complexity index is 1140. The molecule has 3 aromatic rings. The van der Waals surface area contributed by atoms with E-state index in [1.165, 1.54) is 11.1 Å². The van der Waals surface area contributed by atoms with Gasteiger partial charge in [0.25, 0.3) is 0 Å². The summed E-state index contributed by atoms with van der Waals surface area (Å²) >= 11 is 0. The van der Waals surface area contributed by atoms with Gasteiger partial charge in [0, 0.05) is 42.9 Å². The topological polar surface area (TPSA) is 40.6 Å². The number of benzene rings is 3. The van der Waals surface area contributed by atoms with E-state index in [1.54, 1.807) is 19.1 Å². The minimum Gasteiger partial charge on any atom is -0.365 e. The first-order valence-corrected chi connectivity index (χ1v) is 11.1. The summed E-state index contributed by atoms with van der Waals surface area (Å²) < 4.78 is 0. The third-order valence-electron chi connectivity index (χ3n) is 6.55. The highest BCUT2D eigenvalue weighted by molar-refractivity contribution is 6.26. The predicted octanol–water partition coefficient (Wildman–Crippen LogP) is 4.75. The molecule has 5 rings (SSSR count). The van der Waals surface area contributed by atoms with Crippen LogP contribution in [0.3, 0.4) is 0 Å². The first-order chi connectivity index (χ1) is 15.6. The Balaban J connectivity index is 1.40. The molecule has 1 aliphatic heterocycles. The van der Waals surface area contributed by atoms with E-state index in [-0.39, 0.29) is 17.6 Å². The maximum atomic E-state index is 13.3. The van der Waals surface area contributed by atoms with Gasteiger partial charge in [0.2, 0.25) is 5.78 Å². The van der Waals surface area contributed by atoms with Crippen molar-refractivity contribution in [2.24, 2.45) is 0 Å². The fourth-order valence-electron chi connectivity index (χ4n) is 4.96. The third-order valence-corrected chi connectivity index (χ3v) is 6.55. The van der Waals surface area contributed by atoms with Crippen molar-refractivity contribution in [2.75, 3.05) is 26.2 Å². The van der Waals surface area contributed by atoms with Crippen LogP contribution in [0.5, 0.6) is 0 Å². The number of allylic oxidation sites excluding steroid dienone is 2. The molecule has 1 aliphatic carbocycles. The van der Waals surface area contributed by atoms with E-state index in [0.717, 1.165) is 13.1 Å². The van der Waals surface area contributed by atoms with Crippen molar-refractivity contribution < 1.29 is 9.59 Å². The quantitative estimate of drug-likeness (QED) is 0.609. The SMILES string of the molecule is CC1=C(N2CCN(C(c3ccccc3)c3ccccc3)CC2)C(=O)c2ccccc2C1=O. The average Bonchev–Trinajstić information content (AvgIpc) is 2.85. The van der Waals surface area contributed by atoms with Crippen LogP contribution in [0.25, 0.3) is 0 Å². The van der Waals surface area contributed by atoms with Crippen LogP contribution in [0.1, 0.15) is 44.8 Å². The standard InChI is InChI=1S/C28H26N2O2/c1-20-25(28(32)24-15-9-8-14-23(24)27(20)31)29-16-18-30(19-17-29)26(21-10-4-2-5-11-21)22-12-6-3-7-13-22/h2-15,26H,16-19H2,1H3. The van der Waals surface area contributed by atoms with Crippen molar-refractivity contribution in [3.8, 4) is 0 Å². The van der Waals surface area contributed by atoms with Crippen molar-refractivity contribution in [3.63, 3.8) is 0 Å². The van der Waals surface area contributed by atoms with E-state index >= 15 is 0 Å². The third kappa shape index (κ3) is 3.57. The van der Waals surface area contributed by atoms with E-state index in [9.17, 15) is 9.59 Å². The lowest BCUT2D eigenvalue weighted by atomic mass is 9.87. The van der Waals surface area contributed by atoms with E-state index in [4.69, 9.17) is 0 Å². The second kappa shape index (κ2) is 8.56. The average molecular weight is 423 g/mol. The van der Waals surface area contributed by atoms with E-state index in [1.807, 2.05) is 24.3 Å². The van der Waals surface area contributed by atoms with Crippen molar-refractivity contribution >= 4 is 11.6 Å². The maximum absolute atomic E-state index is 13.3. The second-order valence-electron chi connectivity index (χ2n) is 8.42. The number of fused-ring (bicyclic) bond motifs is 1. The molecule has 4 nitrogen and oxygen atoms in total. The van der Waals surface area contributed by atoms with Crippen LogP contribution >= 0.6 is 0 Å². The van der Waals surface area contributed by atoms with Crippen LogP contribution in [-0.4, -0.2) is 47.5 Å². The summed E-state index contributed by atoms with van der Waals surface area (Å²) in [6, 6.07) is 28.4. The van der Waals surface area contributed by atoms with E-state index in [0.29, 0.717) is 35.5 Å². The molecule has 0 saturated carbocycles. The highest BCUT2D eigenvalue weighted by Crippen LogP contribution is 2.32. The monoisotopic (exact) mass is 422 g/mol. The number of hydrogen-bond acceptors (Lipinski definition) is 4. The molecular weight excluding hydrogens is 396 g/mol. The molecular formula is C28H26N2O2. The van der Waals surface area contributed by atoms with Crippen molar-refractivity contribution in [1.82, 2.24) is 9.80 Å². The molecule has 0 spiro atoms. The normalized spacial score (nSPS) is 17.1. The number of piperazine rings is 1. The van der Waals surface area contributed by atoms with Gasteiger partial charge in [-0.25, -0.2) is 0 Å². The number of nitrogens with zero attached hydrogens (tertiary/aromatic N) is 2. The van der Waals surface area contributed by atoms with Gasteiger partial charge in [-0.15, -0.1) is 0 Å². The van der Waals surface area contributed by atoms with Gasteiger partial charge in [-0.1, -0.05) is 84.9 Å². The van der Waals surface area contributed by atoms with Crippen molar-refractivity contribution in [2.45, 2.75) is 13.0 Å². The number of ketones is 2. The van der Waals surface area contributed by atoms with Crippen LogP contribution in [0.2, 0.25) is 0 Å². The van der Waals surface area contributed by atoms with E-state index in [2.05, 4.69) is 58.3 Å². The molecule has 0 atom stereocenters. The van der Waals surface area contributed by atoms with Gasteiger partial charge in [0.15, 0.2) is 5.78 Å². The molecule has 0 aromatic heterocycles. The van der Waals surface area contributed by atoms with E-state index < -0.39 is 0 Å². The van der Waals surface area contributed by atoms with Crippen LogP contribution in [-0.2, 0) is 0 Å². The van der Waals surface area contributed by atoms with Gasteiger partial charge in [-0.05, 0) is 18.1 Å². The molecule has 1 fully saturated rings. The molecule has 4 heteroatoms. The zero-order chi connectivity index (χ0) is 22.1. The molecule has 0 unspecified atom stereocenters. The molecule has 1 heterocycles. The summed E-state index contributed by atoms with van der Waals surface area (Å²) in [6.45, 7) is 4.84. The molecule has 0 amide bonds. The van der Waals surface area contributed by atoms with Crippen molar-refractivity contribution in [3.05, 3.63) is 118 Å². The molecule has 1 saturated heterocycles. The molecule has 0 N–H and O–H groups in total. The van der Waals surface area contributed by atoms with Crippen LogP contribution in [0.15, 0.2) is 96.2 Å². The predicted molar refractivity (Wildman–Crippen MR) is 126 cm³/mol. The first-order valence-electron chi connectivity index (χ1n) is 11.1.